The molecular formula is C19H24N3O3+. The maximum absolute atomic E-state index is 12.9. The molecule has 25 heavy (non-hydrogen) atoms. The van der Waals surface area contributed by atoms with Crippen molar-refractivity contribution >= 4 is 5.91 Å². The van der Waals surface area contributed by atoms with Gasteiger partial charge in [0.25, 0.3) is 5.91 Å². The molecule has 1 saturated heterocycles. The predicted molar refractivity (Wildman–Crippen MR) is 94.1 cm³/mol. The van der Waals surface area contributed by atoms with Crippen LogP contribution in [0.3, 0.4) is 0 Å². The molecule has 0 bridgehead atoms. The lowest BCUT2D eigenvalue weighted by atomic mass is 10.1. The van der Waals surface area contributed by atoms with Gasteiger partial charge in [-0.3, -0.25) is 9.78 Å². The summed E-state index contributed by atoms with van der Waals surface area (Å²) in [5.74, 6) is 1.07. The number of ether oxygens (including phenoxy) is 2. The van der Waals surface area contributed by atoms with Crippen LogP contribution in [0.4, 0.5) is 0 Å². The zero-order valence-electron chi connectivity index (χ0n) is 14.7. The number of amides is 1. The molecule has 2 heterocycles. The van der Waals surface area contributed by atoms with Crippen LogP contribution in [0.5, 0.6) is 11.5 Å². The van der Waals surface area contributed by atoms with Crippen molar-refractivity contribution in [3.05, 3.63) is 53.9 Å². The molecule has 0 saturated carbocycles. The molecule has 132 valence electrons. The van der Waals surface area contributed by atoms with Gasteiger partial charge in [0, 0.05) is 6.20 Å². The molecule has 1 aliphatic heterocycles. The van der Waals surface area contributed by atoms with Crippen LogP contribution < -0.4 is 14.4 Å². The molecule has 6 heteroatoms. The first-order valence-electron chi connectivity index (χ1n) is 8.46. The Morgan fingerprint density at radius 3 is 2.56 bits per heavy atom. The van der Waals surface area contributed by atoms with E-state index in [0.717, 1.165) is 38.4 Å². The van der Waals surface area contributed by atoms with E-state index in [9.17, 15) is 4.79 Å². The van der Waals surface area contributed by atoms with Gasteiger partial charge in [-0.1, -0.05) is 12.1 Å². The van der Waals surface area contributed by atoms with Crippen LogP contribution in [0.15, 0.2) is 42.6 Å². The zero-order chi connectivity index (χ0) is 17.6. The fraction of sp³-hybridized carbons (Fsp3) is 0.368. The molecule has 1 N–H and O–H groups in total. The Bertz CT molecular complexity index is 713. The van der Waals surface area contributed by atoms with Crippen LogP contribution in [0.2, 0.25) is 0 Å². The van der Waals surface area contributed by atoms with Gasteiger partial charge in [0.05, 0.1) is 51.7 Å². The number of benzene rings is 1. The van der Waals surface area contributed by atoms with E-state index in [0.29, 0.717) is 17.1 Å². The highest BCUT2D eigenvalue weighted by Crippen LogP contribution is 2.31. The molecule has 0 spiro atoms. The average Bonchev–Trinajstić information content (AvgIpc) is 2.68. The first-order valence-corrected chi connectivity index (χ1v) is 8.46. The minimum atomic E-state index is -0.00682. The van der Waals surface area contributed by atoms with Crippen LogP contribution in [0.1, 0.15) is 16.1 Å². The number of hydrogen-bond acceptors (Lipinski definition) is 4. The number of pyridine rings is 1. The lowest BCUT2D eigenvalue weighted by molar-refractivity contribution is -0.917. The molecule has 1 aromatic carbocycles. The summed E-state index contributed by atoms with van der Waals surface area (Å²) in [6, 6.07) is 11.4. The number of rotatable bonds is 5. The Morgan fingerprint density at radius 1 is 1.12 bits per heavy atom. The molecule has 1 amide bonds. The molecule has 0 aliphatic carbocycles. The third-order valence-corrected chi connectivity index (χ3v) is 4.55. The van der Waals surface area contributed by atoms with Crippen LogP contribution in [-0.2, 0) is 6.54 Å². The van der Waals surface area contributed by atoms with Crippen molar-refractivity contribution < 1.29 is 19.2 Å². The molecule has 0 radical (unpaired) electrons. The van der Waals surface area contributed by atoms with Crippen molar-refractivity contribution in [3.63, 3.8) is 0 Å². The van der Waals surface area contributed by atoms with E-state index in [4.69, 9.17) is 9.47 Å². The van der Waals surface area contributed by atoms with E-state index in [1.54, 1.807) is 26.4 Å². The second-order valence-corrected chi connectivity index (χ2v) is 6.08. The van der Waals surface area contributed by atoms with Crippen LogP contribution >= 0.6 is 0 Å². The molecule has 2 aromatic rings. The van der Waals surface area contributed by atoms with E-state index in [1.165, 1.54) is 4.90 Å². The van der Waals surface area contributed by atoms with Gasteiger partial charge >= 0.3 is 0 Å². The van der Waals surface area contributed by atoms with Gasteiger partial charge in [-0.15, -0.1) is 0 Å². The number of piperazine rings is 1. The molecular weight excluding hydrogens is 318 g/mol. The minimum absolute atomic E-state index is 0.00682. The minimum Gasteiger partial charge on any atom is -0.493 e. The first-order chi connectivity index (χ1) is 12.2. The number of carbonyl (C=O) groups excluding carboxylic acids is 1. The maximum Gasteiger partial charge on any atom is 0.258 e. The Morgan fingerprint density at radius 2 is 1.92 bits per heavy atom. The van der Waals surface area contributed by atoms with Gasteiger partial charge in [-0.2, -0.15) is 0 Å². The Kier molecular flexibility index (Phi) is 5.50. The van der Waals surface area contributed by atoms with Crippen molar-refractivity contribution in [1.29, 1.82) is 0 Å². The Balaban J connectivity index is 1.64. The number of hydrogen-bond donors (Lipinski definition) is 1. The lowest BCUT2D eigenvalue weighted by Crippen LogP contribution is -3.13. The van der Waals surface area contributed by atoms with Crippen molar-refractivity contribution in [2.75, 3.05) is 40.4 Å². The summed E-state index contributed by atoms with van der Waals surface area (Å²) in [5.41, 5.74) is 1.64. The molecule has 0 unspecified atom stereocenters. The number of para-hydroxylation sites is 1. The zero-order valence-corrected chi connectivity index (χ0v) is 14.7. The summed E-state index contributed by atoms with van der Waals surface area (Å²) < 4.78 is 10.7. The van der Waals surface area contributed by atoms with Gasteiger partial charge in [0.1, 0.15) is 6.54 Å². The average molecular weight is 342 g/mol. The first kappa shape index (κ1) is 17.2. The van der Waals surface area contributed by atoms with Gasteiger partial charge in [0.15, 0.2) is 11.5 Å². The summed E-state index contributed by atoms with van der Waals surface area (Å²) in [6.07, 6.45) is 1.82. The van der Waals surface area contributed by atoms with Crippen LogP contribution in [0.25, 0.3) is 0 Å². The second-order valence-electron chi connectivity index (χ2n) is 6.08. The van der Waals surface area contributed by atoms with Crippen molar-refractivity contribution in [2.24, 2.45) is 0 Å². The third-order valence-electron chi connectivity index (χ3n) is 4.55. The number of quaternary nitrogens is 1. The SMILES string of the molecule is COc1cccc(C(=O)N2CC[NH+](Cc3ccccn3)CC2)c1OC. The van der Waals surface area contributed by atoms with E-state index in [2.05, 4.69) is 4.98 Å². The topological polar surface area (TPSA) is 56.1 Å². The fourth-order valence-electron chi connectivity index (χ4n) is 3.19. The quantitative estimate of drug-likeness (QED) is 0.866. The van der Waals surface area contributed by atoms with Gasteiger partial charge < -0.3 is 19.3 Å². The van der Waals surface area contributed by atoms with Gasteiger partial charge in [-0.25, -0.2) is 0 Å². The molecule has 3 rings (SSSR count). The second kappa shape index (κ2) is 7.98. The van der Waals surface area contributed by atoms with Crippen LogP contribution in [0, 0.1) is 0 Å². The van der Waals surface area contributed by atoms with Crippen molar-refractivity contribution in [1.82, 2.24) is 9.88 Å². The van der Waals surface area contributed by atoms with E-state index in [1.807, 2.05) is 35.4 Å². The van der Waals surface area contributed by atoms with E-state index < -0.39 is 0 Å². The fourth-order valence-corrected chi connectivity index (χ4v) is 3.19. The molecule has 0 atom stereocenters. The third kappa shape index (κ3) is 3.91. The lowest BCUT2D eigenvalue weighted by Gasteiger charge is -2.32. The number of aromatic nitrogens is 1. The smallest absolute Gasteiger partial charge is 0.258 e. The highest BCUT2D eigenvalue weighted by atomic mass is 16.5. The van der Waals surface area contributed by atoms with Gasteiger partial charge in [-0.05, 0) is 24.3 Å². The molecule has 6 nitrogen and oxygen atoms in total. The number of nitrogens with zero attached hydrogens (tertiary/aromatic N) is 2. The van der Waals surface area contributed by atoms with E-state index >= 15 is 0 Å². The summed E-state index contributed by atoms with van der Waals surface area (Å²) in [7, 11) is 3.13. The van der Waals surface area contributed by atoms with E-state index in [-0.39, 0.29) is 5.91 Å². The van der Waals surface area contributed by atoms with Crippen molar-refractivity contribution in [3.8, 4) is 11.5 Å². The van der Waals surface area contributed by atoms with Crippen LogP contribution in [-0.4, -0.2) is 56.2 Å². The van der Waals surface area contributed by atoms with Crippen molar-refractivity contribution in [2.45, 2.75) is 6.54 Å². The number of methoxy groups -OCH3 is 2. The highest BCUT2D eigenvalue weighted by Gasteiger charge is 2.27. The Labute approximate surface area is 148 Å². The summed E-state index contributed by atoms with van der Waals surface area (Å²) in [4.78, 5) is 20.6. The summed E-state index contributed by atoms with van der Waals surface area (Å²) >= 11 is 0. The summed E-state index contributed by atoms with van der Waals surface area (Å²) in [6.45, 7) is 4.16. The largest absolute Gasteiger partial charge is 0.493 e. The number of carbonyl (C=O) groups is 1. The monoisotopic (exact) mass is 342 g/mol. The normalized spacial score (nSPS) is 15.0. The maximum atomic E-state index is 12.9. The standard InChI is InChI=1S/C19H23N3O3/c1-24-17-8-5-7-16(18(17)25-2)19(23)22-12-10-21(11-13-22)14-15-6-3-4-9-20-15/h3-9H,10-14H2,1-2H3/p+1. The number of nitrogens with one attached hydrogen (secondary N) is 1. The highest BCUT2D eigenvalue weighted by molar-refractivity contribution is 5.97. The Hall–Kier alpha value is -2.60. The predicted octanol–water partition coefficient (Wildman–Crippen LogP) is 0.640. The summed E-state index contributed by atoms with van der Waals surface area (Å²) in [5, 5.41) is 0. The molecule has 1 aliphatic rings. The molecule has 1 fully saturated rings. The van der Waals surface area contributed by atoms with Gasteiger partial charge in [0.2, 0.25) is 0 Å². The molecule has 1 aromatic heterocycles.